The number of ether oxygens (including phenoxy) is 1. The largest absolute Gasteiger partial charge is 0.481 e. The van der Waals surface area contributed by atoms with Gasteiger partial charge in [-0.1, -0.05) is 19.8 Å². The molecular formula is C14H23N3O. The molecule has 100 valence electrons. The molecule has 1 aromatic rings. The average molecular weight is 249 g/mol. The molecule has 0 bridgehead atoms. The van der Waals surface area contributed by atoms with E-state index in [1.807, 2.05) is 13.0 Å². The highest BCUT2D eigenvalue weighted by Gasteiger charge is 2.16. The number of aromatic nitrogens is 2. The second-order valence-electron chi connectivity index (χ2n) is 5.30. The lowest BCUT2D eigenvalue weighted by atomic mass is 10.0. The van der Waals surface area contributed by atoms with Crippen molar-refractivity contribution in [1.29, 1.82) is 0 Å². The van der Waals surface area contributed by atoms with Crippen LogP contribution in [0.2, 0.25) is 0 Å². The fourth-order valence-electron chi connectivity index (χ4n) is 2.56. The molecular weight excluding hydrogens is 226 g/mol. The highest BCUT2D eigenvalue weighted by Crippen LogP contribution is 2.25. The van der Waals surface area contributed by atoms with E-state index < -0.39 is 0 Å². The molecule has 1 heterocycles. The smallest absolute Gasteiger partial charge is 0.218 e. The maximum absolute atomic E-state index is 5.18. The van der Waals surface area contributed by atoms with Crippen molar-refractivity contribution in [3.05, 3.63) is 11.9 Å². The monoisotopic (exact) mass is 249 g/mol. The van der Waals surface area contributed by atoms with Gasteiger partial charge in [0.25, 0.3) is 0 Å². The summed E-state index contributed by atoms with van der Waals surface area (Å²) in [7, 11) is 1.64. The van der Waals surface area contributed by atoms with Crippen LogP contribution in [-0.4, -0.2) is 23.1 Å². The van der Waals surface area contributed by atoms with E-state index >= 15 is 0 Å². The average Bonchev–Trinajstić information content (AvgIpc) is 2.54. The van der Waals surface area contributed by atoms with E-state index in [1.165, 1.54) is 32.1 Å². The van der Waals surface area contributed by atoms with E-state index in [2.05, 4.69) is 22.2 Å². The lowest BCUT2D eigenvalue weighted by molar-refractivity contribution is 0.395. The van der Waals surface area contributed by atoms with E-state index in [4.69, 9.17) is 4.74 Å². The number of nitrogens with one attached hydrogen (secondary N) is 1. The third-order valence-electron chi connectivity index (χ3n) is 3.63. The van der Waals surface area contributed by atoms with Gasteiger partial charge in [-0.05, 0) is 32.1 Å². The third kappa shape index (κ3) is 3.59. The highest BCUT2D eigenvalue weighted by molar-refractivity contribution is 5.39. The second-order valence-corrected chi connectivity index (χ2v) is 5.30. The fraction of sp³-hybridized carbons (Fsp3) is 0.714. The molecule has 2 unspecified atom stereocenters. The van der Waals surface area contributed by atoms with Crippen LogP contribution < -0.4 is 10.1 Å². The van der Waals surface area contributed by atoms with Gasteiger partial charge in [-0.2, -0.15) is 4.98 Å². The zero-order valence-electron chi connectivity index (χ0n) is 11.6. The molecule has 0 amide bonds. The molecule has 18 heavy (non-hydrogen) atoms. The van der Waals surface area contributed by atoms with Gasteiger partial charge in [0.15, 0.2) is 0 Å². The Morgan fingerprint density at radius 1 is 1.22 bits per heavy atom. The predicted molar refractivity (Wildman–Crippen MR) is 73.0 cm³/mol. The minimum absolute atomic E-state index is 0.536. The fourth-order valence-corrected chi connectivity index (χ4v) is 2.56. The normalized spacial score (nSPS) is 24.4. The first kappa shape index (κ1) is 13.1. The Kier molecular flexibility index (Phi) is 4.39. The Balaban J connectivity index is 2.01. The van der Waals surface area contributed by atoms with Gasteiger partial charge < -0.3 is 10.1 Å². The van der Waals surface area contributed by atoms with Crippen molar-refractivity contribution in [2.75, 3.05) is 12.4 Å². The summed E-state index contributed by atoms with van der Waals surface area (Å²) >= 11 is 0. The first-order chi connectivity index (χ1) is 8.67. The summed E-state index contributed by atoms with van der Waals surface area (Å²) in [5.41, 5.74) is 0. The predicted octanol–water partition coefficient (Wildman–Crippen LogP) is 3.17. The molecule has 0 spiro atoms. The van der Waals surface area contributed by atoms with Gasteiger partial charge in [-0.25, -0.2) is 4.98 Å². The van der Waals surface area contributed by atoms with Crippen LogP contribution in [0.25, 0.3) is 0 Å². The molecule has 2 rings (SSSR count). The van der Waals surface area contributed by atoms with Gasteiger partial charge in [0.05, 0.1) is 7.11 Å². The molecule has 1 fully saturated rings. The standard InChI is InChI=1S/C14H23N3O/c1-10-5-4-6-12(8-7-10)17-13-9-14(18-3)16-11(2)15-13/h9-10,12H,4-8H2,1-3H3,(H,15,16,17). The summed E-state index contributed by atoms with van der Waals surface area (Å²) in [6, 6.07) is 2.41. The molecule has 0 radical (unpaired) electrons. The molecule has 1 aliphatic carbocycles. The minimum Gasteiger partial charge on any atom is -0.481 e. The first-order valence-corrected chi connectivity index (χ1v) is 6.83. The van der Waals surface area contributed by atoms with Crippen molar-refractivity contribution in [2.45, 2.75) is 52.0 Å². The molecule has 1 saturated carbocycles. The molecule has 1 N–H and O–H groups in total. The molecule has 1 aliphatic rings. The summed E-state index contributed by atoms with van der Waals surface area (Å²) in [6.07, 6.45) is 6.42. The topological polar surface area (TPSA) is 47.0 Å². The Morgan fingerprint density at radius 2 is 2.06 bits per heavy atom. The van der Waals surface area contributed by atoms with E-state index in [1.54, 1.807) is 7.11 Å². The van der Waals surface area contributed by atoms with Gasteiger partial charge in [0.2, 0.25) is 5.88 Å². The van der Waals surface area contributed by atoms with E-state index in [0.717, 1.165) is 17.6 Å². The van der Waals surface area contributed by atoms with Crippen LogP contribution in [0.1, 0.15) is 44.9 Å². The number of methoxy groups -OCH3 is 1. The van der Waals surface area contributed by atoms with Crippen molar-refractivity contribution in [3.63, 3.8) is 0 Å². The Bertz CT molecular complexity index is 395. The van der Waals surface area contributed by atoms with Gasteiger partial charge in [0.1, 0.15) is 11.6 Å². The molecule has 0 saturated heterocycles. The lowest BCUT2D eigenvalue weighted by Crippen LogP contribution is -2.19. The first-order valence-electron chi connectivity index (χ1n) is 6.83. The van der Waals surface area contributed by atoms with E-state index in [9.17, 15) is 0 Å². The minimum atomic E-state index is 0.536. The van der Waals surface area contributed by atoms with Crippen LogP contribution in [0.3, 0.4) is 0 Å². The molecule has 2 atom stereocenters. The van der Waals surface area contributed by atoms with Crippen LogP contribution >= 0.6 is 0 Å². The molecule has 0 aromatic carbocycles. The Hall–Kier alpha value is -1.32. The van der Waals surface area contributed by atoms with Crippen molar-refractivity contribution < 1.29 is 4.74 Å². The van der Waals surface area contributed by atoms with Gasteiger partial charge in [-0.15, -0.1) is 0 Å². The zero-order chi connectivity index (χ0) is 13.0. The molecule has 4 nitrogen and oxygen atoms in total. The van der Waals surface area contributed by atoms with Crippen LogP contribution in [0, 0.1) is 12.8 Å². The summed E-state index contributed by atoms with van der Waals surface area (Å²) < 4.78 is 5.18. The number of anilines is 1. The number of hydrogen-bond acceptors (Lipinski definition) is 4. The van der Waals surface area contributed by atoms with Crippen molar-refractivity contribution in [2.24, 2.45) is 5.92 Å². The summed E-state index contributed by atoms with van der Waals surface area (Å²) in [6.45, 7) is 4.24. The summed E-state index contributed by atoms with van der Waals surface area (Å²) in [4.78, 5) is 8.63. The van der Waals surface area contributed by atoms with Crippen molar-refractivity contribution >= 4 is 5.82 Å². The maximum Gasteiger partial charge on any atom is 0.218 e. The Morgan fingerprint density at radius 3 is 2.83 bits per heavy atom. The Labute approximate surface area is 109 Å². The van der Waals surface area contributed by atoms with Gasteiger partial charge in [-0.3, -0.25) is 0 Å². The highest BCUT2D eigenvalue weighted by atomic mass is 16.5. The van der Waals surface area contributed by atoms with Crippen LogP contribution in [0.5, 0.6) is 5.88 Å². The van der Waals surface area contributed by atoms with Crippen LogP contribution in [0.15, 0.2) is 6.07 Å². The lowest BCUT2D eigenvalue weighted by Gasteiger charge is -2.17. The van der Waals surface area contributed by atoms with Crippen molar-refractivity contribution in [3.8, 4) is 5.88 Å². The maximum atomic E-state index is 5.18. The summed E-state index contributed by atoms with van der Waals surface area (Å²) in [5, 5.41) is 3.53. The van der Waals surface area contributed by atoms with Crippen LogP contribution in [0.4, 0.5) is 5.82 Å². The SMILES string of the molecule is COc1cc(NC2CCCC(C)CC2)nc(C)n1. The number of aryl methyl sites for hydroxylation is 1. The van der Waals surface area contributed by atoms with Crippen molar-refractivity contribution in [1.82, 2.24) is 9.97 Å². The molecule has 0 aliphatic heterocycles. The number of nitrogens with zero attached hydrogens (tertiary/aromatic N) is 2. The zero-order valence-corrected chi connectivity index (χ0v) is 11.6. The second kappa shape index (κ2) is 6.03. The quantitative estimate of drug-likeness (QED) is 0.836. The third-order valence-corrected chi connectivity index (χ3v) is 3.63. The summed E-state index contributed by atoms with van der Waals surface area (Å²) in [5.74, 6) is 3.13. The molecule has 1 aromatic heterocycles. The van der Waals surface area contributed by atoms with Gasteiger partial charge >= 0.3 is 0 Å². The van der Waals surface area contributed by atoms with Gasteiger partial charge in [0, 0.05) is 12.1 Å². The molecule has 4 heteroatoms. The van der Waals surface area contributed by atoms with E-state index in [0.29, 0.717) is 11.9 Å². The van der Waals surface area contributed by atoms with E-state index in [-0.39, 0.29) is 0 Å². The number of hydrogen-bond donors (Lipinski definition) is 1. The van der Waals surface area contributed by atoms with Crippen LogP contribution in [-0.2, 0) is 0 Å². The number of rotatable bonds is 3.